The molecule has 0 aromatic heterocycles. The number of rotatable bonds is 6. The van der Waals surface area contributed by atoms with Crippen molar-refractivity contribution in [2.24, 2.45) is 5.92 Å². The average molecular weight is 216 g/mol. The third-order valence-electron chi connectivity index (χ3n) is 1.72. The topological polar surface area (TPSA) is 52.6 Å². The zero-order valence-corrected chi connectivity index (χ0v) is 9.91. The van der Waals surface area contributed by atoms with Crippen molar-refractivity contribution in [3.05, 3.63) is 0 Å². The van der Waals surface area contributed by atoms with E-state index in [1.54, 1.807) is 20.8 Å². The molecule has 4 nitrogen and oxygen atoms in total. The highest BCUT2D eigenvalue weighted by atomic mass is 16.6. The highest BCUT2D eigenvalue weighted by Crippen LogP contribution is 2.02. The summed E-state index contributed by atoms with van der Waals surface area (Å²) in [7, 11) is 0. The Hall–Kier alpha value is -1.06. The van der Waals surface area contributed by atoms with Gasteiger partial charge in [0.05, 0.1) is 5.92 Å². The predicted octanol–water partition coefficient (Wildman–Crippen LogP) is 1.92. The Balaban J connectivity index is 3.70. The van der Waals surface area contributed by atoms with Crippen LogP contribution in [0.25, 0.3) is 0 Å². The van der Waals surface area contributed by atoms with Crippen molar-refractivity contribution in [1.29, 1.82) is 0 Å². The fourth-order valence-corrected chi connectivity index (χ4v) is 0.855. The van der Waals surface area contributed by atoms with Gasteiger partial charge in [0.25, 0.3) is 0 Å². The maximum absolute atomic E-state index is 11.2. The molecule has 15 heavy (non-hydrogen) atoms. The molecule has 0 aliphatic carbocycles. The van der Waals surface area contributed by atoms with Crippen LogP contribution in [0.15, 0.2) is 0 Å². The maximum Gasteiger partial charge on any atom is 0.308 e. The fourth-order valence-electron chi connectivity index (χ4n) is 0.855. The third-order valence-corrected chi connectivity index (χ3v) is 1.72. The van der Waals surface area contributed by atoms with Gasteiger partial charge in [-0.3, -0.25) is 9.59 Å². The standard InChI is InChI=1S/C11H20O4/c1-5-6-10(12)14-7-9(4)15-11(13)8(2)3/h8-9H,5-7H2,1-4H3. The molecule has 0 heterocycles. The molecular formula is C11H20O4. The van der Waals surface area contributed by atoms with E-state index in [-0.39, 0.29) is 30.6 Å². The molecule has 0 bridgehead atoms. The molecule has 0 saturated heterocycles. The second-order valence-electron chi connectivity index (χ2n) is 3.84. The van der Waals surface area contributed by atoms with Crippen LogP contribution in [0.4, 0.5) is 0 Å². The molecule has 0 aromatic carbocycles. The number of hydrogen-bond acceptors (Lipinski definition) is 4. The lowest BCUT2D eigenvalue weighted by molar-refractivity contribution is -0.160. The van der Waals surface area contributed by atoms with Crippen LogP contribution in [0, 0.1) is 5.92 Å². The largest absolute Gasteiger partial charge is 0.462 e. The van der Waals surface area contributed by atoms with Gasteiger partial charge in [-0.1, -0.05) is 20.8 Å². The summed E-state index contributed by atoms with van der Waals surface area (Å²) in [5, 5.41) is 0. The second kappa shape index (κ2) is 7.26. The van der Waals surface area contributed by atoms with Gasteiger partial charge in [-0.05, 0) is 13.3 Å². The van der Waals surface area contributed by atoms with Crippen LogP contribution >= 0.6 is 0 Å². The smallest absolute Gasteiger partial charge is 0.308 e. The van der Waals surface area contributed by atoms with Gasteiger partial charge in [0, 0.05) is 6.42 Å². The fraction of sp³-hybridized carbons (Fsp3) is 0.818. The number of ether oxygens (including phenoxy) is 2. The minimum Gasteiger partial charge on any atom is -0.462 e. The first-order chi connectivity index (χ1) is 6.97. The van der Waals surface area contributed by atoms with Crippen molar-refractivity contribution in [1.82, 2.24) is 0 Å². The summed E-state index contributed by atoms with van der Waals surface area (Å²) in [6.07, 6.45) is 0.796. The molecule has 0 rings (SSSR count). The van der Waals surface area contributed by atoms with Gasteiger partial charge in [-0.15, -0.1) is 0 Å². The van der Waals surface area contributed by atoms with Crippen LogP contribution in [0.2, 0.25) is 0 Å². The first-order valence-electron chi connectivity index (χ1n) is 5.33. The Morgan fingerprint density at radius 1 is 1.20 bits per heavy atom. The van der Waals surface area contributed by atoms with Gasteiger partial charge < -0.3 is 9.47 Å². The molecule has 4 heteroatoms. The third kappa shape index (κ3) is 6.94. The Labute approximate surface area is 90.9 Å². The summed E-state index contributed by atoms with van der Waals surface area (Å²) in [6, 6.07) is 0. The number of hydrogen-bond donors (Lipinski definition) is 0. The van der Waals surface area contributed by atoms with Gasteiger partial charge in [-0.2, -0.15) is 0 Å². The lowest BCUT2D eigenvalue weighted by Gasteiger charge is -2.14. The van der Waals surface area contributed by atoms with Crippen molar-refractivity contribution in [3.63, 3.8) is 0 Å². The summed E-state index contributed by atoms with van der Waals surface area (Å²) in [5.74, 6) is -0.669. The summed E-state index contributed by atoms with van der Waals surface area (Å²) < 4.78 is 9.93. The van der Waals surface area contributed by atoms with Crippen LogP contribution in [-0.2, 0) is 19.1 Å². The van der Waals surface area contributed by atoms with Crippen molar-refractivity contribution in [3.8, 4) is 0 Å². The molecule has 88 valence electrons. The quantitative estimate of drug-likeness (QED) is 0.636. The van der Waals surface area contributed by atoms with Crippen molar-refractivity contribution >= 4 is 11.9 Å². The first-order valence-corrected chi connectivity index (χ1v) is 5.33. The molecule has 0 aliphatic heterocycles. The van der Waals surface area contributed by atoms with Crippen LogP contribution in [0.3, 0.4) is 0 Å². The van der Waals surface area contributed by atoms with Gasteiger partial charge >= 0.3 is 11.9 Å². The number of carbonyl (C=O) groups excluding carboxylic acids is 2. The molecule has 0 N–H and O–H groups in total. The summed E-state index contributed by atoms with van der Waals surface area (Å²) in [5.41, 5.74) is 0. The molecule has 0 aliphatic rings. The molecule has 0 spiro atoms. The van der Waals surface area contributed by atoms with Gasteiger partial charge in [-0.25, -0.2) is 0 Å². The van der Waals surface area contributed by atoms with Crippen LogP contribution in [0.5, 0.6) is 0 Å². The van der Waals surface area contributed by atoms with Crippen molar-refractivity contribution < 1.29 is 19.1 Å². The number of esters is 2. The molecule has 0 aromatic rings. The Morgan fingerprint density at radius 2 is 1.80 bits per heavy atom. The van der Waals surface area contributed by atoms with Gasteiger partial charge in [0.1, 0.15) is 12.7 Å². The Morgan fingerprint density at radius 3 is 2.27 bits per heavy atom. The minimum absolute atomic E-state index is 0.136. The lowest BCUT2D eigenvalue weighted by Crippen LogP contribution is -2.24. The lowest BCUT2D eigenvalue weighted by atomic mass is 10.2. The van der Waals surface area contributed by atoms with E-state index >= 15 is 0 Å². The van der Waals surface area contributed by atoms with E-state index in [0.29, 0.717) is 6.42 Å². The molecule has 1 unspecified atom stereocenters. The summed E-state index contributed by atoms with van der Waals surface area (Å²) in [4.78, 5) is 22.2. The van der Waals surface area contributed by atoms with Crippen LogP contribution in [-0.4, -0.2) is 24.6 Å². The monoisotopic (exact) mass is 216 g/mol. The zero-order valence-electron chi connectivity index (χ0n) is 9.91. The Kier molecular flexibility index (Phi) is 6.75. The first kappa shape index (κ1) is 13.9. The molecule has 0 amide bonds. The molecule has 0 fully saturated rings. The maximum atomic E-state index is 11.2. The highest BCUT2D eigenvalue weighted by Gasteiger charge is 2.14. The van der Waals surface area contributed by atoms with Crippen molar-refractivity contribution in [2.45, 2.75) is 46.6 Å². The van der Waals surface area contributed by atoms with Crippen LogP contribution in [0.1, 0.15) is 40.5 Å². The van der Waals surface area contributed by atoms with Crippen molar-refractivity contribution in [2.75, 3.05) is 6.61 Å². The zero-order chi connectivity index (χ0) is 11.8. The van der Waals surface area contributed by atoms with Gasteiger partial charge in [0.15, 0.2) is 0 Å². The average Bonchev–Trinajstić information content (AvgIpc) is 2.15. The predicted molar refractivity (Wildman–Crippen MR) is 56.3 cm³/mol. The Bertz CT molecular complexity index is 211. The van der Waals surface area contributed by atoms with E-state index in [9.17, 15) is 9.59 Å². The van der Waals surface area contributed by atoms with Crippen LogP contribution < -0.4 is 0 Å². The molecule has 0 saturated carbocycles. The SMILES string of the molecule is CCCC(=O)OCC(C)OC(=O)C(C)C. The van der Waals surface area contributed by atoms with E-state index in [0.717, 1.165) is 6.42 Å². The van der Waals surface area contributed by atoms with Gasteiger partial charge in [0.2, 0.25) is 0 Å². The highest BCUT2D eigenvalue weighted by molar-refractivity contribution is 5.71. The second-order valence-corrected chi connectivity index (χ2v) is 3.84. The van der Waals surface area contributed by atoms with E-state index in [4.69, 9.17) is 9.47 Å². The summed E-state index contributed by atoms with van der Waals surface area (Å²) >= 11 is 0. The molecular weight excluding hydrogens is 196 g/mol. The minimum atomic E-state index is -0.374. The normalized spacial score (nSPS) is 12.3. The van der Waals surface area contributed by atoms with E-state index in [2.05, 4.69) is 0 Å². The summed E-state index contributed by atoms with van der Waals surface area (Å²) in [6.45, 7) is 7.27. The van der Waals surface area contributed by atoms with E-state index in [1.165, 1.54) is 0 Å². The van der Waals surface area contributed by atoms with E-state index in [1.807, 2.05) is 6.92 Å². The molecule has 0 radical (unpaired) electrons. The number of carbonyl (C=O) groups is 2. The molecule has 1 atom stereocenters. The van der Waals surface area contributed by atoms with E-state index < -0.39 is 0 Å².